The summed E-state index contributed by atoms with van der Waals surface area (Å²) < 4.78 is 1.74. The van der Waals surface area contributed by atoms with Crippen LogP contribution in [-0.4, -0.2) is 39.9 Å². The molecule has 8 heteroatoms. The van der Waals surface area contributed by atoms with E-state index in [4.69, 9.17) is 0 Å². The van der Waals surface area contributed by atoms with Crippen LogP contribution in [0.4, 0.5) is 5.69 Å². The molecule has 1 aliphatic heterocycles. The van der Waals surface area contributed by atoms with Crippen molar-refractivity contribution < 1.29 is 9.59 Å². The van der Waals surface area contributed by atoms with Crippen molar-refractivity contribution in [2.75, 3.05) is 23.0 Å². The second-order valence-electron chi connectivity index (χ2n) is 5.18. The molecule has 3 rings (SSSR count). The number of nitrogens with zero attached hydrogens (tertiary/aromatic N) is 3. The van der Waals surface area contributed by atoms with Crippen LogP contribution in [0, 0.1) is 0 Å². The van der Waals surface area contributed by atoms with Gasteiger partial charge in [-0.25, -0.2) is 0 Å². The van der Waals surface area contributed by atoms with Gasteiger partial charge < -0.3 is 4.90 Å². The van der Waals surface area contributed by atoms with Crippen molar-refractivity contribution in [3.05, 3.63) is 29.8 Å². The molecule has 1 saturated heterocycles. The number of hydrogen-bond acceptors (Lipinski definition) is 7. The summed E-state index contributed by atoms with van der Waals surface area (Å²) in [4.78, 5) is 26.0. The van der Waals surface area contributed by atoms with E-state index in [2.05, 4.69) is 17.1 Å². The first-order valence-corrected chi connectivity index (χ1v) is 10.5. The van der Waals surface area contributed by atoms with Gasteiger partial charge in [-0.15, -0.1) is 10.2 Å². The monoisotopic (exact) mass is 379 g/mol. The van der Waals surface area contributed by atoms with Gasteiger partial charge in [-0.1, -0.05) is 53.9 Å². The Hall–Kier alpha value is -1.38. The molecule has 0 spiro atoms. The van der Waals surface area contributed by atoms with Crippen LogP contribution in [0.5, 0.6) is 0 Å². The Balaban J connectivity index is 1.63. The van der Waals surface area contributed by atoms with Gasteiger partial charge in [0.25, 0.3) is 0 Å². The maximum atomic E-state index is 12.4. The zero-order chi connectivity index (χ0) is 16.9. The molecule has 126 valence electrons. The minimum Gasteiger partial charge on any atom is -0.312 e. The Bertz CT molecular complexity index is 748. The van der Waals surface area contributed by atoms with Crippen molar-refractivity contribution >= 4 is 52.2 Å². The lowest BCUT2D eigenvalue weighted by Crippen LogP contribution is -2.23. The molecule has 0 bridgehead atoms. The summed E-state index contributed by atoms with van der Waals surface area (Å²) in [5.74, 6) is 1.44. The summed E-state index contributed by atoms with van der Waals surface area (Å²) in [6.45, 7) is 2.80. The molecule has 0 unspecified atom stereocenters. The number of thioether (sulfide) groups is 2. The Morgan fingerprint density at radius 1 is 1.29 bits per heavy atom. The molecule has 1 aliphatic rings. The van der Waals surface area contributed by atoms with Gasteiger partial charge >= 0.3 is 0 Å². The van der Waals surface area contributed by atoms with Crippen LogP contribution in [0.3, 0.4) is 0 Å². The van der Waals surface area contributed by atoms with Gasteiger partial charge in [0.05, 0.1) is 5.75 Å². The predicted octanol–water partition coefficient (Wildman–Crippen LogP) is 3.75. The number of carbonyl (C=O) groups excluding carboxylic acids is 2. The van der Waals surface area contributed by atoms with Crippen LogP contribution in [0.15, 0.2) is 32.9 Å². The highest BCUT2D eigenvalue weighted by atomic mass is 32.2. The molecule has 1 fully saturated rings. The van der Waals surface area contributed by atoms with Gasteiger partial charge in [-0.05, 0) is 24.3 Å². The molecule has 24 heavy (non-hydrogen) atoms. The number of aromatic nitrogens is 2. The highest BCUT2D eigenvalue weighted by Crippen LogP contribution is 2.29. The second kappa shape index (κ2) is 8.13. The first-order chi connectivity index (χ1) is 11.7. The van der Waals surface area contributed by atoms with E-state index in [0.717, 1.165) is 33.1 Å². The van der Waals surface area contributed by atoms with Crippen molar-refractivity contribution in [3.63, 3.8) is 0 Å². The van der Waals surface area contributed by atoms with E-state index in [1.54, 1.807) is 22.7 Å². The Kier molecular flexibility index (Phi) is 5.91. The summed E-state index contributed by atoms with van der Waals surface area (Å²) in [6.07, 6.45) is 1.46. The molecule has 1 amide bonds. The molecule has 0 atom stereocenters. The fourth-order valence-corrected chi connectivity index (χ4v) is 5.23. The number of ketones is 1. The van der Waals surface area contributed by atoms with E-state index in [1.165, 1.54) is 23.1 Å². The SMILES string of the molecule is CCSc1nnc(SCC(=O)c2cccc(N3CCCC3=O)c2)s1. The average molecular weight is 380 g/mol. The predicted molar refractivity (Wildman–Crippen MR) is 99.4 cm³/mol. The van der Waals surface area contributed by atoms with Gasteiger partial charge in [0.1, 0.15) is 0 Å². The lowest BCUT2D eigenvalue weighted by molar-refractivity contribution is -0.117. The lowest BCUT2D eigenvalue weighted by Gasteiger charge is -2.16. The third kappa shape index (κ3) is 4.17. The molecule has 2 heterocycles. The minimum absolute atomic E-state index is 0.0355. The summed E-state index contributed by atoms with van der Waals surface area (Å²) in [6, 6.07) is 7.32. The summed E-state index contributed by atoms with van der Waals surface area (Å²) in [7, 11) is 0. The highest BCUT2D eigenvalue weighted by Gasteiger charge is 2.22. The lowest BCUT2D eigenvalue weighted by atomic mass is 10.1. The third-order valence-electron chi connectivity index (χ3n) is 3.54. The zero-order valence-electron chi connectivity index (χ0n) is 13.2. The molecule has 0 aliphatic carbocycles. The molecule has 2 aromatic rings. The van der Waals surface area contributed by atoms with Crippen LogP contribution in [0.2, 0.25) is 0 Å². The van der Waals surface area contributed by atoms with Crippen LogP contribution in [-0.2, 0) is 4.79 Å². The van der Waals surface area contributed by atoms with E-state index >= 15 is 0 Å². The first kappa shape index (κ1) is 17.4. The summed E-state index contributed by atoms with van der Waals surface area (Å²) in [5.41, 5.74) is 1.44. The van der Waals surface area contributed by atoms with Crippen molar-refractivity contribution in [1.82, 2.24) is 10.2 Å². The normalized spacial score (nSPS) is 14.4. The van der Waals surface area contributed by atoms with Crippen LogP contribution in [0.25, 0.3) is 0 Å². The zero-order valence-corrected chi connectivity index (χ0v) is 15.7. The number of rotatable bonds is 7. The quantitative estimate of drug-likeness (QED) is 0.539. The van der Waals surface area contributed by atoms with Crippen molar-refractivity contribution in [2.45, 2.75) is 28.4 Å². The smallest absolute Gasteiger partial charge is 0.227 e. The Morgan fingerprint density at radius 2 is 2.08 bits per heavy atom. The second-order valence-corrected chi connectivity index (χ2v) is 8.89. The van der Waals surface area contributed by atoms with E-state index in [0.29, 0.717) is 17.7 Å². The molecule has 1 aromatic carbocycles. The van der Waals surface area contributed by atoms with E-state index in [-0.39, 0.29) is 11.7 Å². The highest BCUT2D eigenvalue weighted by molar-refractivity contribution is 8.03. The third-order valence-corrected chi connectivity index (χ3v) is 6.61. The van der Waals surface area contributed by atoms with Gasteiger partial charge in [0.2, 0.25) is 5.91 Å². The molecule has 0 N–H and O–H groups in total. The average Bonchev–Trinajstić information content (AvgIpc) is 3.22. The molecule has 0 saturated carbocycles. The molecular weight excluding hydrogens is 362 g/mol. The first-order valence-electron chi connectivity index (χ1n) is 7.70. The fourth-order valence-electron chi connectivity index (χ4n) is 2.42. The van der Waals surface area contributed by atoms with Crippen molar-refractivity contribution in [3.8, 4) is 0 Å². The minimum atomic E-state index is 0.0355. The number of carbonyl (C=O) groups is 2. The maximum absolute atomic E-state index is 12.4. The molecular formula is C16H17N3O2S3. The number of anilines is 1. The fraction of sp³-hybridized carbons (Fsp3) is 0.375. The van der Waals surface area contributed by atoms with E-state index < -0.39 is 0 Å². The number of hydrogen-bond donors (Lipinski definition) is 0. The van der Waals surface area contributed by atoms with Crippen LogP contribution >= 0.6 is 34.9 Å². The maximum Gasteiger partial charge on any atom is 0.227 e. The van der Waals surface area contributed by atoms with Crippen molar-refractivity contribution in [2.24, 2.45) is 0 Å². The van der Waals surface area contributed by atoms with Gasteiger partial charge in [-0.3, -0.25) is 9.59 Å². The van der Waals surface area contributed by atoms with E-state index in [1.807, 2.05) is 18.2 Å². The number of benzene rings is 1. The van der Waals surface area contributed by atoms with E-state index in [9.17, 15) is 9.59 Å². The van der Waals surface area contributed by atoms with Crippen LogP contribution < -0.4 is 4.90 Å². The van der Waals surface area contributed by atoms with Gasteiger partial charge in [0.15, 0.2) is 14.5 Å². The van der Waals surface area contributed by atoms with Crippen molar-refractivity contribution in [1.29, 1.82) is 0 Å². The molecule has 0 radical (unpaired) electrons. The number of amides is 1. The van der Waals surface area contributed by atoms with Crippen LogP contribution in [0.1, 0.15) is 30.1 Å². The Morgan fingerprint density at radius 3 is 2.79 bits per heavy atom. The summed E-state index contributed by atoms with van der Waals surface area (Å²) >= 11 is 4.58. The largest absolute Gasteiger partial charge is 0.312 e. The summed E-state index contributed by atoms with van der Waals surface area (Å²) in [5, 5.41) is 8.18. The molecule has 1 aromatic heterocycles. The standard InChI is InChI=1S/C16H17N3O2S3/c1-2-22-15-17-18-16(24-15)23-10-13(20)11-5-3-6-12(9-11)19-8-4-7-14(19)21/h3,5-6,9H,2,4,7-8,10H2,1H3. The topological polar surface area (TPSA) is 63.2 Å². The van der Waals surface area contributed by atoms with Gasteiger partial charge in [0, 0.05) is 24.2 Å². The number of Topliss-reactive ketones (excluding diaryl/α,β-unsaturated/α-hetero) is 1. The molecule has 5 nitrogen and oxygen atoms in total. The Labute approximate surface area is 153 Å². The van der Waals surface area contributed by atoms with Gasteiger partial charge in [-0.2, -0.15) is 0 Å².